The number of hydrogen-bond acceptors (Lipinski definition) is 3. The largest absolute Gasteiger partial charge is 0.393 e. The zero-order valence-electron chi connectivity index (χ0n) is 8.49. The van der Waals surface area contributed by atoms with Crippen LogP contribution in [0.5, 0.6) is 0 Å². The van der Waals surface area contributed by atoms with Gasteiger partial charge in [0, 0.05) is 30.4 Å². The van der Waals surface area contributed by atoms with E-state index >= 15 is 0 Å². The normalized spacial score (nSPS) is 9.67. The van der Waals surface area contributed by atoms with Gasteiger partial charge in [-0.15, -0.1) is 0 Å². The van der Waals surface area contributed by atoms with Gasteiger partial charge < -0.3 is 11.1 Å². The fraction of sp³-hybridized carbons (Fsp3) is 0.300. The van der Waals surface area contributed by atoms with Crippen LogP contribution in [0.1, 0.15) is 22.5 Å². The number of amides is 1. The predicted molar refractivity (Wildman–Crippen MR) is 62.7 cm³/mol. The summed E-state index contributed by atoms with van der Waals surface area (Å²) < 4.78 is 0. The minimum absolute atomic E-state index is 0.128. The van der Waals surface area contributed by atoms with E-state index in [1.165, 1.54) is 0 Å². The van der Waals surface area contributed by atoms with Crippen molar-refractivity contribution in [2.24, 2.45) is 5.73 Å². The van der Waals surface area contributed by atoms with Gasteiger partial charge >= 0.3 is 0 Å². The van der Waals surface area contributed by atoms with Crippen molar-refractivity contribution in [2.45, 2.75) is 13.3 Å². The maximum Gasteiger partial charge on any atom is 0.251 e. The molecule has 1 amide bonds. The van der Waals surface area contributed by atoms with E-state index < -0.39 is 0 Å². The highest BCUT2D eigenvalue weighted by Gasteiger charge is 2.04. The summed E-state index contributed by atoms with van der Waals surface area (Å²) in [4.78, 5) is 16.0. The van der Waals surface area contributed by atoms with Crippen LogP contribution in [0, 0.1) is 6.92 Å². The van der Waals surface area contributed by atoms with Crippen molar-refractivity contribution in [3.63, 3.8) is 0 Å². The van der Waals surface area contributed by atoms with Gasteiger partial charge in [-0.25, -0.2) is 0 Å². The molecule has 0 atom stereocenters. The lowest BCUT2D eigenvalue weighted by Crippen LogP contribution is -2.27. The summed E-state index contributed by atoms with van der Waals surface area (Å²) in [5.74, 6) is -0.128. The van der Waals surface area contributed by atoms with Crippen molar-refractivity contribution < 1.29 is 4.79 Å². The van der Waals surface area contributed by atoms with Crippen LogP contribution in [-0.2, 0) is 0 Å². The molecule has 1 aromatic heterocycles. The van der Waals surface area contributed by atoms with Gasteiger partial charge in [-0.3, -0.25) is 9.78 Å². The highest BCUT2D eigenvalue weighted by molar-refractivity contribution is 7.80. The highest BCUT2D eigenvalue weighted by atomic mass is 32.1. The molecule has 0 saturated heterocycles. The Hall–Kier alpha value is -1.49. The van der Waals surface area contributed by atoms with Crippen LogP contribution in [0.2, 0.25) is 0 Å². The number of aromatic nitrogens is 1. The van der Waals surface area contributed by atoms with Crippen LogP contribution in [0.4, 0.5) is 0 Å². The van der Waals surface area contributed by atoms with Crippen molar-refractivity contribution in [1.29, 1.82) is 0 Å². The molecular formula is C10H13N3OS. The molecule has 4 nitrogen and oxygen atoms in total. The van der Waals surface area contributed by atoms with Crippen molar-refractivity contribution in [3.8, 4) is 0 Å². The molecule has 0 saturated carbocycles. The van der Waals surface area contributed by atoms with Gasteiger partial charge in [-0.2, -0.15) is 0 Å². The van der Waals surface area contributed by atoms with Crippen LogP contribution in [0.3, 0.4) is 0 Å². The first-order chi connectivity index (χ1) is 7.09. The second-order valence-electron chi connectivity index (χ2n) is 3.16. The summed E-state index contributed by atoms with van der Waals surface area (Å²) in [5.41, 5.74) is 6.73. The minimum atomic E-state index is -0.128. The molecule has 0 bridgehead atoms. The second-order valence-corrected chi connectivity index (χ2v) is 3.68. The molecule has 15 heavy (non-hydrogen) atoms. The van der Waals surface area contributed by atoms with E-state index in [1.54, 1.807) is 18.3 Å². The zero-order chi connectivity index (χ0) is 11.3. The van der Waals surface area contributed by atoms with E-state index in [1.807, 2.05) is 6.92 Å². The first-order valence-electron chi connectivity index (χ1n) is 4.59. The summed E-state index contributed by atoms with van der Waals surface area (Å²) >= 11 is 4.70. The van der Waals surface area contributed by atoms with Gasteiger partial charge in [0.25, 0.3) is 5.91 Å². The standard InChI is InChI=1S/C10H13N3OS/c1-7-6-8(2-4-12-7)10(14)13-5-3-9(11)15/h2,4,6H,3,5H2,1H3,(H2,11,15)(H,13,14). The third kappa shape index (κ3) is 4.03. The van der Waals surface area contributed by atoms with E-state index in [4.69, 9.17) is 18.0 Å². The number of rotatable bonds is 4. The molecule has 0 unspecified atom stereocenters. The highest BCUT2D eigenvalue weighted by Crippen LogP contribution is 2.00. The Balaban J connectivity index is 2.50. The number of thiocarbonyl (C=S) groups is 1. The predicted octanol–water partition coefficient (Wildman–Crippen LogP) is 0.796. The number of carbonyl (C=O) groups excluding carboxylic acids is 1. The first-order valence-corrected chi connectivity index (χ1v) is 4.99. The fourth-order valence-electron chi connectivity index (χ4n) is 1.09. The van der Waals surface area contributed by atoms with Crippen molar-refractivity contribution >= 4 is 23.1 Å². The molecule has 1 heterocycles. The van der Waals surface area contributed by atoms with Gasteiger partial charge in [-0.1, -0.05) is 12.2 Å². The molecule has 80 valence electrons. The third-order valence-electron chi connectivity index (χ3n) is 1.82. The van der Waals surface area contributed by atoms with Gasteiger partial charge in [0.05, 0.1) is 4.99 Å². The summed E-state index contributed by atoms with van der Waals surface area (Å²) in [6, 6.07) is 3.40. The molecule has 0 fully saturated rings. The zero-order valence-corrected chi connectivity index (χ0v) is 9.30. The number of pyridine rings is 1. The number of nitrogens with zero attached hydrogens (tertiary/aromatic N) is 1. The maximum atomic E-state index is 11.6. The molecule has 0 aromatic carbocycles. The summed E-state index contributed by atoms with van der Waals surface area (Å²) in [7, 11) is 0. The number of aryl methyl sites for hydroxylation is 1. The lowest BCUT2D eigenvalue weighted by atomic mass is 10.2. The molecule has 0 aliphatic carbocycles. The van der Waals surface area contributed by atoms with Crippen molar-refractivity contribution in [3.05, 3.63) is 29.6 Å². The minimum Gasteiger partial charge on any atom is -0.393 e. The Morgan fingerprint density at radius 2 is 2.40 bits per heavy atom. The number of hydrogen-bond donors (Lipinski definition) is 2. The monoisotopic (exact) mass is 223 g/mol. The van der Waals surface area contributed by atoms with E-state index in [0.717, 1.165) is 5.69 Å². The van der Waals surface area contributed by atoms with E-state index in [9.17, 15) is 4.79 Å². The summed E-state index contributed by atoms with van der Waals surface area (Å²) in [6.45, 7) is 2.31. The average Bonchev–Trinajstić information content (AvgIpc) is 2.17. The Kier molecular flexibility index (Phi) is 4.17. The SMILES string of the molecule is Cc1cc(C(=O)NCCC(N)=S)ccn1. The van der Waals surface area contributed by atoms with Crippen LogP contribution >= 0.6 is 12.2 Å². The molecule has 0 radical (unpaired) electrons. The molecule has 1 rings (SSSR count). The van der Waals surface area contributed by atoms with Crippen molar-refractivity contribution in [1.82, 2.24) is 10.3 Å². The molecule has 1 aromatic rings. The molecule has 0 aliphatic rings. The Morgan fingerprint density at radius 3 is 3.00 bits per heavy atom. The molecule has 0 spiro atoms. The second kappa shape index (κ2) is 5.41. The fourth-order valence-corrected chi connectivity index (χ4v) is 1.19. The molecular weight excluding hydrogens is 210 g/mol. The van der Waals surface area contributed by atoms with Crippen LogP contribution in [-0.4, -0.2) is 22.4 Å². The Bertz CT molecular complexity index is 379. The quantitative estimate of drug-likeness (QED) is 0.741. The van der Waals surface area contributed by atoms with Crippen molar-refractivity contribution in [2.75, 3.05) is 6.54 Å². The smallest absolute Gasteiger partial charge is 0.251 e. The van der Waals surface area contributed by atoms with Gasteiger partial charge in [0.15, 0.2) is 0 Å². The van der Waals surface area contributed by atoms with Gasteiger partial charge in [0.1, 0.15) is 0 Å². The third-order valence-corrected chi connectivity index (χ3v) is 2.02. The first kappa shape index (κ1) is 11.6. The summed E-state index contributed by atoms with van der Waals surface area (Å²) in [6.07, 6.45) is 2.13. The lowest BCUT2D eigenvalue weighted by molar-refractivity contribution is 0.0954. The number of nitrogens with one attached hydrogen (secondary N) is 1. The maximum absolute atomic E-state index is 11.6. The molecule has 5 heteroatoms. The topological polar surface area (TPSA) is 68.0 Å². The van der Waals surface area contributed by atoms with Gasteiger partial charge in [-0.05, 0) is 19.1 Å². The van der Waals surface area contributed by atoms with E-state index in [2.05, 4.69) is 10.3 Å². The molecule has 3 N–H and O–H groups in total. The van der Waals surface area contributed by atoms with Crippen LogP contribution in [0.25, 0.3) is 0 Å². The van der Waals surface area contributed by atoms with Crippen LogP contribution in [0.15, 0.2) is 18.3 Å². The number of nitrogens with two attached hydrogens (primary N) is 1. The van der Waals surface area contributed by atoms with E-state index in [-0.39, 0.29) is 5.91 Å². The Labute approximate surface area is 93.9 Å². The van der Waals surface area contributed by atoms with E-state index in [0.29, 0.717) is 23.5 Å². The van der Waals surface area contributed by atoms with Gasteiger partial charge in [0.2, 0.25) is 0 Å². The lowest BCUT2D eigenvalue weighted by Gasteiger charge is -2.04. The average molecular weight is 223 g/mol. The van der Waals surface area contributed by atoms with Crippen LogP contribution < -0.4 is 11.1 Å². The number of carbonyl (C=O) groups is 1. The molecule has 0 aliphatic heterocycles. The summed E-state index contributed by atoms with van der Waals surface area (Å²) in [5, 5.41) is 2.72. The Morgan fingerprint density at radius 1 is 1.67 bits per heavy atom.